The van der Waals surface area contributed by atoms with E-state index >= 15 is 0 Å². The van der Waals surface area contributed by atoms with Crippen LogP contribution in [0.25, 0.3) is 0 Å². The minimum atomic E-state index is 0.839. The van der Waals surface area contributed by atoms with E-state index < -0.39 is 0 Å². The molecule has 0 amide bonds. The molecule has 4 nitrogen and oxygen atoms in total. The van der Waals surface area contributed by atoms with E-state index in [0.717, 1.165) is 51.7 Å². The topological polar surface area (TPSA) is 40.0 Å². The molecule has 0 bridgehead atoms. The van der Waals surface area contributed by atoms with Crippen LogP contribution in [0.4, 0.5) is 0 Å². The first kappa shape index (κ1) is 24.1. The highest BCUT2D eigenvalue weighted by Crippen LogP contribution is 2.15. The molecule has 146 valence electrons. The summed E-state index contributed by atoms with van der Waals surface area (Å²) in [4.78, 5) is 0. The zero-order chi connectivity index (χ0) is 19.3. The van der Waals surface area contributed by atoms with Crippen molar-refractivity contribution in [2.45, 2.75) is 52.9 Å². The summed E-state index contributed by atoms with van der Waals surface area (Å²) in [6.45, 7) is 9.19. The molecule has 1 N–H and O–H groups in total. The summed E-state index contributed by atoms with van der Waals surface area (Å²) in [7, 11) is 1.72. The maximum atomic E-state index is 4.24. The predicted molar refractivity (Wildman–Crippen MR) is 115 cm³/mol. The molecule has 0 fully saturated rings. The van der Waals surface area contributed by atoms with Gasteiger partial charge in [0.15, 0.2) is 0 Å². The van der Waals surface area contributed by atoms with E-state index in [-0.39, 0.29) is 0 Å². The zero-order valence-electron chi connectivity index (χ0n) is 17.2. The molecule has 0 rings (SSSR count). The van der Waals surface area contributed by atoms with Crippen LogP contribution in [-0.2, 0) is 0 Å². The van der Waals surface area contributed by atoms with Crippen molar-refractivity contribution >= 4 is 0 Å². The highest BCUT2D eigenvalue weighted by atomic mass is 15.5. The quantitative estimate of drug-likeness (QED) is 0.169. The van der Waals surface area contributed by atoms with E-state index in [1.165, 1.54) is 5.70 Å². The molecule has 0 atom stereocenters. The molecule has 26 heavy (non-hydrogen) atoms. The summed E-state index contributed by atoms with van der Waals surface area (Å²) >= 11 is 0. The van der Waals surface area contributed by atoms with Gasteiger partial charge in [0, 0.05) is 12.2 Å². The first-order valence-electron chi connectivity index (χ1n) is 9.86. The van der Waals surface area contributed by atoms with Crippen LogP contribution >= 0.6 is 0 Å². The molecule has 0 aromatic carbocycles. The van der Waals surface area contributed by atoms with E-state index in [2.05, 4.69) is 78.1 Å². The van der Waals surface area contributed by atoms with Gasteiger partial charge >= 0.3 is 0 Å². The molecule has 0 saturated carbocycles. The fraction of sp³-hybridized carbons (Fsp3) is 0.545. The Bertz CT molecular complexity index is 484. The van der Waals surface area contributed by atoms with Crippen molar-refractivity contribution in [1.82, 2.24) is 10.3 Å². The Morgan fingerprint density at radius 3 is 2.27 bits per heavy atom. The van der Waals surface area contributed by atoms with Gasteiger partial charge in [0.1, 0.15) is 0 Å². The Morgan fingerprint density at radius 2 is 1.62 bits per heavy atom. The first-order chi connectivity index (χ1) is 12.8. The van der Waals surface area contributed by atoms with Crippen molar-refractivity contribution in [3.8, 4) is 0 Å². The number of rotatable bonds is 15. The maximum Gasteiger partial charge on any atom is 0.0509 e. The molecule has 0 spiro atoms. The molecule has 0 aromatic heterocycles. The lowest BCUT2D eigenvalue weighted by molar-refractivity contribution is 0.343. The third kappa shape index (κ3) is 14.4. The molecule has 0 aliphatic carbocycles. The number of allylic oxidation sites excluding steroid dienone is 9. The summed E-state index contributed by atoms with van der Waals surface area (Å²) in [5.41, 5.74) is 1.25. The van der Waals surface area contributed by atoms with Crippen molar-refractivity contribution in [2.75, 3.05) is 26.7 Å². The standard InChI is InChI=1S/C22H38N4/c1-5-8-9-10-13-16-19-22(26(7-3)25-23-4)20-17-14-11-12-15-18-21-24-6-2/h5,8-12,14-15,19,24H,6-7,13,16-18,20-21H2,1-4H3/b8-5-,10-9-,14-11-,15-12-,22-19+,25-23-. The lowest BCUT2D eigenvalue weighted by Crippen LogP contribution is -2.15. The Kier molecular flexibility index (Phi) is 17.9. The van der Waals surface area contributed by atoms with E-state index in [1.54, 1.807) is 7.05 Å². The molecular weight excluding hydrogens is 320 g/mol. The number of nitrogens with zero attached hydrogens (tertiary/aromatic N) is 3. The summed E-state index contributed by atoms with van der Waals surface area (Å²) in [5.74, 6) is 0. The second-order valence-corrected chi connectivity index (χ2v) is 5.77. The Morgan fingerprint density at radius 1 is 0.923 bits per heavy atom. The van der Waals surface area contributed by atoms with Gasteiger partial charge in [0.25, 0.3) is 0 Å². The number of nitrogens with one attached hydrogen (secondary N) is 1. The zero-order valence-corrected chi connectivity index (χ0v) is 17.2. The van der Waals surface area contributed by atoms with Crippen LogP contribution in [-0.4, -0.2) is 31.7 Å². The van der Waals surface area contributed by atoms with Crippen molar-refractivity contribution < 1.29 is 0 Å². The van der Waals surface area contributed by atoms with E-state index in [9.17, 15) is 0 Å². The lowest BCUT2D eigenvalue weighted by Gasteiger charge is -2.19. The van der Waals surface area contributed by atoms with Gasteiger partial charge in [0.05, 0.1) is 7.05 Å². The molecule has 0 heterocycles. The highest BCUT2D eigenvalue weighted by molar-refractivity contribution is 5.07. The molecule has 0 aliphatic heterocycles. The van der Waals surface area contributed by atoms with Crippen molar-refractivity contribution in [2.24, 2.45) is 10.3 Å². The monoisotopic (exact) mass is 358 g/mol. The normalized spacial score (nSPS) is 13.5. The number of unbranched alkanes of at least 4 members (excludes halogenated alkanes) is 1. The van der Waals surface area contributed by atoms with Gasteiger partial charge in [-0.1, -0.05) is 66.8 Å². The summed E-state index contributed by atoms with van der Waals surface area (Å²) in [5, 5.41) is 13.5. The summed E-state index contributed by atoms with van der Waals surface area (Å²) in [6, 6.07) is 0. The second-order valence-electron chi connectivity index (χ2n) is 5.77. The van der Waals surface area contributed by atoms with Gasteiger partial charge in [0.2, 0.25) is 0 Å². The molecule has 4 heteroatoms. The molecule has 0 saturated heterocycles. The fourth-order valence-corrected chi connectivity index (χ4v) is 2.34. The first-order valence-corrected chi connectivity index (χ1v) is 9.86. The average Bonchev–Trinajstić information content (AvgIpc) is 2.66. The molecule has 0 radical (unpaired) electrons. The predicted octanol–water partition coefficient (Wildman–Crippen LogP) is 5.99. The van der Waals surface area contributed by atoms with Gasteiger partial charge in [-0.2, -0.15) is 5.11 Å². The van der Waals surface area contributed by atoms with Crippen LogP contribution < -0.4 is 5.32 Å². The lowest BCUT2D eigenvalue weighted by atomic mass is 10.1. The van der Waals surface area contributed by atoms with Gasteiger partial charge in [-0.05, 0) is 59.0 Å². The van der Waals surface area contributed by atoms with Crippen molar-refractivity contribution in [1.29, 1.82) is 0 Å². The van der Waals surface area contributed by atoms with E-state index in [0.29, 0.717) is 0 Å². The average molecular weight is 359 g/mol. The Balaban J connectivity index is 4.47. The van der Waals surface area contributed by atoms with E-state index in [1.807, 2.05) is 18.0 Å². The van der Waals surface area contributed by atoms with Crippen molar-refractivity contribution in [3.63, 3.8) is 0 Å². The smallest absolute Gasteiger partial charge is 0.0509 e. The van der Waals surface area contributed by atoms with Crippen molar-refractivity contribution in [3.05, 3.63) is 60.4 Å². The van der Waals surface area contributed by atoms with Crippen LogP contribution in [0.3, 0.4) is 0 Å². The fourth-order valence-electron chi connectivity index (χ4n) is 2.34. The highest BCUT2D eigenvalue weighted by Gasteiger charge is 2.05. The minimum absolute atomic E-state index is 0.839. The Hall–Kier alpha value is -1.94. The summed E-state index contributed by atoms with van der Waals surface area (Å²) in [6.07, 6.45) is 24.5. The van der Waals surface area contributed by atoms with Crippen LogP contribution in [0.2, 0.25) is 0 Å². The van der Waals surface area contributed by atoms with E-state index in [4.69, 9.17) is 0 Å². The Labute approximate surface area is 161 Å². The number of hydrogen-bond acceptors (Lipinski definition) is 3. The van der Waals surface area contributed by atoms with Crippen LogP contribution in [0, 0.1) is 0 Å². The largest absolute Gasteiger partial charge is 0.317 e. The molecular formula is C22H38N4. The third-order valence-corrected chi connectivity index (χ3v) is 3.67. The number of hydrogen-bond donors (Lipinski definition) is 1. The van der Waals surface area contributed by atoms with Gasteiger partial charge < -0.3 is 5.32 Å². The van der Waals surface area contributed by atoms with Crippen LogP contribution in [0.5, 0.6) is 0 Å². The maximum absolute atomic E-state index is 4.24. The SMILES string of the molecule is C/C=C\C=C/CC/C=C(\CC/C=C\C=C/CCNCC)N(CC)/N=N\C. The van der Waals surface area contributed by atoms with Gasteiger partial charge in [-0.15, -0.1) is 0 Å². The second kappa shape index (κ2) is 19.4. The van der Waals surface area contributed by atoms with Crippen LogP contribution in [0.1, 0.15) is 52.9 Å². The third-order valence-electron chi connectivity index (χ3n) is 3.67. The minimum Gasteiger partial charge on any atom is -0.317 e. The molecule has 0 aromatic rings. The molecule has 0 unspecified atom stereocenters. The van der Waals surface area contributed by atoms with Gasteiger partial charge in [-0.3, -0.25) is 5.01 Å². The summed E-state index contributed by atoms with van der Waals surface area (Å²) < 4.78 is 0. The van der Waals surface area contributed by atoms with Crippen LogP contribution in [0.15, 0.2) is 70.7 Å². The molecule has 0 aliphatic rings. The van der Waals surface area contributed by atoms with Gasteiger partial charge in [-0.25, -0.2) is 0 Å².